The lowest BCUT2D eigenvalue weighted by Gasteiger charge is -2.32. The molecule has 1 aromatic heterocycles. The van der Waals surface area contributed by atoms with Crippen LogP contribution in [0.25, 0.3) is 0 Å². The van der Waals surface area contributed by atoms with Crippen LogP contribution >= 0.6 is 15.6 Å². The minimum Gasteiger partial charge on any atom is -0.756 e. The first-order valence-electron chi connectivity index (χ1n) is 24.0. The first-order valence-corrected chi connectivity index (χ1v) is 26.9. The van der Waals surface area contributed by atoms with Crippen LogP contribution in [-0.2, 0) is 46.3 Å². The molecule has 64 heavy (non-hydrogen) atoms. The normalized spacial score (nSPS) is 19.8. The van der Waals surface area contributed by atoms with E-state index in [-0.39, 0.29) is 18.7 Å². The van der Waals surface area contributed by atoms with Gasteiger partial charge in [0, 0.05) is 19.0 Å². The van der Waals surface area contributed by atoms with E-state index >= 15 is 0 Å². The fraction of sp³-hybridized carbons (Fsp3) is 0.864. The Morgan fingerprint density at radius 3 is 1.61 bits per heavy atom. The summed E-state index contributed by atoms with van der Waals surface area (Å²) in [6.45, 7) is 1.93. The lowest BCUT2D eigenvalue weighted by Crippen LogP contribution is -2.36. The topological polar surface area (TPSA) is 271 Å². The first kappa shape index (κ1) is 57.9. The number of carbonyl (C=O) groups excluding carboxylic acids is 2. The molecule has 1 aromatic rings. The molecule has 18 nitrogen and oxygen atoms in total. The fourth-order valence-corrected chi connectivity index (χ4v) is 9.45. The van der Waals surface area contributed by atoms with Crippen molar-refractivity contribution in [3.05, 3.63) is 22.7 Å². The van der Waals surface area contributed by atoms with E-state index in [2.05, 4.69) is 27.7 Å². The van der Waals surface area contributed by atoms with Gasteiger partial charge in [-0.3, -0.25) is 23.3 Å². The zero-order chi connectivity index (χ0) is 47.1. The summed E-state index contributed by atoms with van der Waals surface area (Å²) in [4.78, 5) is 66.2. The van der Waals surface area contributed by atoms with Crippen molar-refractivity contribution in [1.82, 2.24) is 9.55 Å². The SMILES string of the molecule is CCCCCCCCCCCCCCCC(=O)OC[C@H](COP(=O)([O-])OP(=O)([O-])OC[C@H]1O[C@@H](n2ccc(N)nc2=O)[C@H](O)[C@@H]1O)OC(=O)CCCCCCCCCCCCCCC. The van der Waals surface area contributed by atoms with Gasteiger partial charge in [-0.05, 0) is 18.9 Å². The monoisotopic (exact) mass is 951 g/mol. The lowest BCUT2D eigenvalue weighted by atomic mass is 10.0. The number of nitrogen functional groups attached to an aromatic ring is 1. The van der Waals surface area contributed by atoms with Crippen LogP contribution in [0.5, 0.6) is 0 Å². The van der Waals surface area contributed by atoms with Gasteiger partial charge < -0.3 is 49.0 Å². The quantitative estimate of drug-likeness (QED) is 0.0321. The summed E-state index contributed by atoms with van der Waals surface area (Å²) in [6, 6.07) is 1.23. The van der Waals surface area contributed by atoms with Crippen molar-refractivity contribution in [3.8, 4) is 0 Å². The number of anilines is 1. The van der Waals surface area contributed by atoms with Crippen LogP contribution in [0.2, 0.25) is 0 Å². The number of rotatable bonds is 40. The maximum absolute atomic E-state index is 12.8. The molecule has 1 fully saturated rings. The van der Waals surface area contributed by atoms with Gasteiger partial charge in [0.15, 0.2) is 12.3 Å². The van der Waals surface area contributed by atoms with Gasteiger partial charge in [-0.25, -0.2) is 9.11 Å². The van der Waals surface area contributed by atoms with E-state index in [0.29, 0.717) is 12.8 Å². The number of nitrogens with zero attached hydrogens (tertiary/aromatic N) is 2. The van der Waals surface area contributed by atoms with Crippen molar-refractivity contribution in [2.24, 2.45) is 0 Å². The standard InChI is InChI=1S/C44H81N3O15P2/c1-3-5-7-9-11-13-15-17-19-21-23-25-27-29-39(48)57-33-36(60-40(49)30-28-26-24-22-20-18-16-14-12-10-8-6-4-2)34-58-63(53,54)62-64(55,56)59-35-37-41(50)42(51)43(61-37)47-32-31-38(45)46-44(47)52/h31-32,36-37,41-43,50-51H,3-30,33-35H2,1-2H3,(H,53,54)(H,55,56)(H2,45,46,52)/p-2/t36-,37-,41-,42-,43-/m1/s1. The molecule has 0 saturated carbocycles. The smallest absolute Gasteiger partial charge is 0.351 e. The summed E-state index contributed by atoms with van der Waals surface area (Å²) in [5.41, 5.74) is 4.55. The Morgan fingerprint density at radius 2 is 1.14 bits per heavy atom. The summed E-state index contributed by atoms with van der Waals surface area (Å²) >= 11 is 0. The van der Waals surface area contributed by atoms with Crippen molar-refractivity contribution in [2.75, 3.05) is 25.6 Å². The average Bonchev–Trinajstić information content (AvgIpc) is 3.52. The van der Waals surface area contributed by atoms with Gasteiger partial charge in [-0.15, -0.1) is 0 Å². The number of aliphatic hydroxyl groups excluding tert-OH is 2. The summed E-state index contributed by atoms with van der Waals surface area (Å²) in [7, 11) is -11.4. The number of hydrogen-bond donors (Lipinski definition) is 3. The van der Waals surface area contributed by atoms with Gasteiger partial charge >= 0.3 is 17.6 Å². The molecule has 2 unspecified atom stereocenters. The van der Waals surface area contributed by atoms with Crippen molar-refractivity contribution >= 4 is 33.4 Å². The molecule has 2 rings (SSSR count). The Bertz CT molecular complexity index is 1570. The van der Waals surface area contributed by atoms with E-state index in [1.165, 1.54) is 109 Å². The molecule has 0 aromatic carbocycles. The van der Waals surface area contributed by atoms with Gasteiger partial charge in [-0.2, -0.15) is 4.98 Å². The molecule has 4 N–H and O–H groups in total. The Hall–Kier alpha value is -2.24. The second-order valence-electron chi connectivity index (χ2n) is 16.9. The molecule has 1 aliphatic rings. The summed E-state index contributed by atoms with van der Waals surface area (Å²) in [6.07, 6.45) is 22.8. The van der Waals surface area contributed by atoms with Crippen molar-refractivity contribution in [2.45, 2.75) is 224 Å². The number of esters is 2. The van der Waals surface area contributed by atoms with Crippen molar-refractivity contribution in [1.29, 1.82) is 0 Å². The van der Waals surface area contributed by atoms with E-state index in [1.54, 1.807) is 0 Å². The molecule has 0 amide bonds. The second kappa shape index (κ2) is 34.1. The zero-order valence-corrected chi connectivity index (χ0v) is 40.3. The molecule has 0 aliphatic carbocycles. The van der Waals surface area contributed by atoms with Gasteiger partial charge in [0.05, 0.1) is 13.2 Å². The summed E-state index contributed by atoms with van der Waals surface area (Å²) in [5.74, 6) is -1.35. The number of phosphoric acid groups is 2. The largest absolute Gasteiger partial charge is 0.756 e. The molecule has 1 aliphatic heterocycles. The van der Waals surface area contributed by atoms with Crippen LogP contribution in [0.15, 0.2) is 17.1 Å². The highest BCUT2D eigenvalue weighted by Gasteiger charge is 2.45. The molecular weight excluding hydrogens is 872 g/mol. The van der Waals surface area contributed by atoms with Crippen LogP contribution in [0.3, 0.4) is 0 Å². The molecule has 0 radical (unpaired) electrons. The van der Waals surface area contributed by atoms with Crippen molar-refractivity contribution < 1.29 is 66.3 Å². The third kappa shape index (κ3) is 26.8. The van der Waals surface area contributed by atoms with Gasteiger partial charge in [0.1, 0.15) is 30.7 Å². The van der Waals surface area contributed by atoms with E-state index in [9.17, 15) is 43.5 Å². The van der Waals surface area contributed by atoms with E-state index in [0.717, 1.165) is 62.1 Å². The summed E-state index contributed by atoms with van der Waals surface area (Å²) < 4.78 is 55.7. The van der Waals surface area contributed by atoms with Crippen molar-refractivity contribution in [3.63, 3.8) is 0 Å². The zero-order valence-electron chi connectivity index (χ0n) is 38.5. The minimum atomic E-state index is -5.72. The Morgan fingerprint density at radius 1 is 0.703 bits per heavy atom. The molecule has 0 spiro atoms. The maximum Gasteiger partial charge on any atom is 0.351 e. The molecule has 372 valence electrons. The highest BCUT2D eigenvalue weighted by molar-refractivity contribution is 7.59. The highest BCUT2D eigenvalue weighted by atomic mass is 31.3. The van der Waals surface area contributed by atoms with Crippen LogP contribution < -0.4 is 21.2 Å². The average molecular weight is 952 g/mol. The molecule has 0 bridgehead atoms. The van der Waals surface area contributed by atoms with Gasteiger partial charge in [0.25, 0.3) is 15.6 Å². The lowest BCUT2D eigenvalue weighted by molar-refractivity contribution is -0.246. The summed E-state index contributed by atoms with van der Waals surface area (Å²) in [5, 5.41) is 20.8. The fourth-order valence-electron chi connectivity index (χ4n) is 7.42. The van der Waals surface area contributed by atoms with Crippen LogP contribution in [0, 0.1) is 0 Å². The number of carbonyl (C=O) groups is 2. The Kier molecular flexibility index (Phi) is 30.9. The number of hydrogen-bond acceptors (Lipinski definition) is 17. The number of nitrogens with two attached hydrogens (primary N) is 1. The first-order chi connectivity index (χ1) is 30.7. The van der Waals surface area contributed by atoms with E-state index < -0.39 is 83.7 Å². The number of phosphoric ester groups is 2. The third-order valence-electron chi connectivity index (χ3n) is 11.2. The molecule has 1 saturated heterocycles. The van der Waals surface area contributed by atoms with E-state index in [1.807, 2.05) is 0 Å². The predicted molar refractivity (Wildman–Crippen MR) is 238 cm³/mol. The number of unbranched alkanes of at least 4 members (excludes halogenated alkanes) is 24. The minimum absolute atomic E-state index is 0.0322. The number of ether oxygens (including phenoxy) is 3. The molecule has 20 heteroatoms. The number of aromatic nitrogens is 2. The predicted octanol–water partition coefficient (Wildman–Crippen LogP) is 7.85. The number of aliphatic hydroxyl groups is 2. The molecule has 2 heterocycles. The van der Waals surface area contributed by atoms with Crippen LogP contribution in [0.1, 0.15) is 200 Å². The molecular formula is C44H79N3O15P2-2. The Labute approximate surface area is 380 Å². The van der Waals surface area contributed by atoms with E-state index in [4.69, 9.17) is 24.5 Å². The van der Waals surface area contributed by atoms with Crippen LogP contribution in [-0.4, -0.2) is 75.9 Å². The van der Waals surface area contributed by atoms with Gasteiger partial charge in [-0.1, -0.05) is 168 Å². The highest BCUT2D eigenvalue weighted by Crippen LogP contribution is 2.56. The van der Waals surface area contributed by atoms with Gasteiger partial charge in [0.2, 0.25) is 0 Å². The Balaban J connectivity index is 1.82. The molecule has 7 atom stereocenters. The third-order valence-corrected chi connectivity index (χ3v) is 13.7. The second-order valence-corrected chi connectivity index (χ2v) is 19.9. The maximum atomic E-state index is 12.8. The van der Waals surface area contributed by atoms with Crippen LogP contribution in [0.4, 0.5) is 5.82 Å².